The average molecular weight is 371 g/mol. The fraction of sp³-hybridized carbons (Fsp3) is 0.900. The Balaban J connectivity index is 2.45. The van der Waals surface area contributed by atoms with Gasteiger partial charge in [-0.15, -0.1) is 0 Å². The van der Waals surface area contributed by atoms with E-state index in [0.717, 1.165) is 13.2 Å². The highest BCUT2D eigenvalue weighted by molar-refractivity contribution is 6.74. The van der Waals surface area contributed by atoms with Crippen molar-refractivity contribution in [2.75, 3.05) is 13.2 Å². The predicted octanol–water partition coefficient (Wildman–Crippen LogP) is 6.61. The highest BCUT2D eigenvalue weighted by Gasteiger charge is 2.38. The van der Waals surface area contributed by atoms with Crippen LogP contribution in [0.25, 0.3) is 0 Å². The zero-order chi connectivity index (χ0) is 18.8. The minimum absolute atomic E-state index is 0.297. The van der Waals surface area contributed by atoms with Crippen LogP contribution in [-0.2, 0) is 8.85 Å². The highest BCUT2D eigenvalue weighted by Crippen LogP contribution is 2.38. The monoisotopic (exact) mass is 370 g/mol. The standard InChI is InChI=1S/C20H42O2Si2/c1-19(2,3)23(7,8)21-15-17-11-13-18(14-12-17)16-22-24(9,10)20(4,5)6/h11,13,17-18H,12,14-16H2,1-10H3/t17-,18+. The van der Waals surface area contributed by atoms with Gasteiger partial charge in [-0.25, -0.2) is 0 Å². The summed E-state index contributed by atoms with van der Waals surface area (Å²) in [5, 5.41) is 0.593. The summed E-state index contributed by atoms with van der Waals surface area (Å²) in [7, 11) is -3.24. The third-order valence-electron chi connectivity index (χ3n) is 6.49. The fourth-order valence-electron chi connectivity index (χ4n) is 2.28. The second-order valence-corrected chi connectivity index (χ2v) is 20.2. The molecule has 0 amide bonds. The Morgan fingerprint density at radius 3 is 1.21 bits per heavy atom. The first-order valence-electron chi connectivity index (χ1n) is 9.62. The van der Waals surface area contributed by atoms with Crippen LogP contribution in [-0.4, -0.2) is 29.8 Å². The molecule has 0 heterocycles. The fourth-order valence-corrected chi connectivity index (χ4v) is 4.40. The second kappa shape index (κ2) is 7.77. The lowest BCUT2D eigenvalue weighted by atomic mass is 9.90. The van der Waals surface area contributed by atoms with Gasteiger partial charge in [-0.1, -0.05) is 53.7 Å². The minimum atomic E-state index is -1.62. The van der Waals surface area contributed by atoms with E-state index in [1.54, 1.807) is 0 Å². The largest absolute Gasteiger partial charge is 0.416 e. The van der Waals surface area contributed by atoms with Crippen LogP contribution in [0.2, 0.25) is 36.3 Å². The average Bonchev–Trinajstić information content (AvgIpc) is 2.41. The molecule has 0 aromatic carbocycles. The van der Waals surface area contributed by atoms with Crippen LogP contribution in [0, 0.1) is 11.8 Å². The van der Waals surface area contributed by atoms with Gasteiger partial charge in [-0.3, -0.25) is 0 Å². The van der Waals surface area contributed by atoms with Crippen molar-refractivity contribution < 1.29 is 8.85 Å². The zero-order valence-electron chi connectivity index (χ0n) is 18.0. The van der Waals surface area contributed by atoms with E-state index >= 15 is 0 Å². The first kappa shape index (κ1) is 22.1. The van der Waals surface area contributed by atoms with E-state index in [9.17, 15) is 0 Å². The van der Waals surface area contributed by atoms with E-state index in [1.165, 1.54) is 12.8 Å². The molecule has 2 nitrogen and oxygen atoms in total. The molecule has 0 aromatic heterocycles. The minimum Gasteiger partial charge on any atom is -0.416 e. The summed E-state index contributed by atoms with van der Waals surface area (Å²) in [6.07, 6.45) is 7.24. The Hall–Kier alpha value is 0.0938. The molecule has 2 atom stereocenters. The van der Waals surface area contributed by atoms with E-state index in [4.69, 9.17) is 8.85 Å². The summed E-state index contributed by atoms with van der Waals surface area (Å²) < 4.78 is 12.8. The lowest BCUT2D eigenvalue weighted by molar-refractivity contribution is 0.208. The second-order valence-electron chi connectivity index (χ2n) is 10.6. The van der Waals surface area contributed by atoms with Gasteiger partial charge in [0.05, 0.1) is 0 Å². The molecule has 142 valence electrons. The number of rotatable bonds is 6. The highest BCUT2D eigenvalue weighted by atomic mass is 28.4. The van der Waals surface area contributed by atoms with Crippen LogP contribution in [0.4, 0.5) is 0 Å². The van der Waals surface area contributed by atoms with E-state index < -0.39 is 16.6 Å². The van der Waals surface area contributed by atoms with Crippen LogP contribution in [0.3, 0.4) is 0 Å². The summed E-state index contributed by atoms with van der Waals surface area (Å²) in [4.78, 5) is 0. The maximum Gasteiger partial charge on any atom is 0.192 e. The van der Waals surface area contributed by atoms with Gasteiger partial charge in [0.25, 0.3) is 0 Å². The SMILES string of the molecule is CC(C)(C)[Si](C)(C)OC[C@@H]1C=C[C@H](CO[Si](C)(C)C(C)(C)C)CC1. The molecule has 1 aliphatic carbocycles. The van der Waals surface area contributed by atoms with Crippen LogP contribution < -0.4 is 0 Å². The van der Waals surface area contributed by atoms with Crippen molar-refractivity contribution in [1.29, 1.82) is 0 Å². The molecule has 0 fully saturated rings. The van der Waals surface area contributed by atoms with Crippen molar-refractivity contribution >= 4 is 16.6 Å². The van der Waals surface area contributed by atoms with Crippen molar-refractivity contribution in [3.05, 3.63) is 12.2 Å². The van der Waals surface area contributed by atoms with E-state index in [-0.39, 0.29) is 0 Å². The molecule has 0 unspecified atom stereocenters. The predicted molar refractivity (Wildman–Crippen MR) is 112 cm³/mol. The van der Waals surface area contributed by atoms with Crippen molar-refractivity contribution in [2.24, 2.45) is 11.8 Å². The Labute approximate surface area is 153 Å². The molecular formula is C20H42O2Si2. The van der Waals surface area contributed by atoms with Crippen molar-refractivity contribution in [3.63, 3.8) is 0 Å². The van der Waals surface area contributed by atoms with Crippen LogP contribution in [0.1, 0.15) is 54.4 Å². The summed E-state index contributed by atoms with van der Waals surface area (Å²) in [5.74, 6) is 1.17. The molecule has 1 aliphatic rings. The van der Waals surface area contributed by atoms with Gasteiger partial charge >= 0.3 is 0 Å². The van der Waals surface area contributed by atoms with Gasteiger partial charge in [-0.05, 0) is 60.9 Å². The van der Waals surface area contributed by atoms with E-state index in [0.29, 0.717) is 21.9 Å². The Bertz CT molecular complexity index is 388. The van der Waals surface area contributed by atoms with Crippen molar-refractivity contribution in [2.45, 2.75) is 90.6 Å². The molecule has 0 aromatic rings. The summed E-state index contributed by atoms with van der Waals surface area (Å²) in [5.41, 5.74) is 0. The molecule has 0 spiro atoms. The number of hydrogen-bond donors (Lipinski definition) is 0. The molecule has 0 saturated heterocycles. The van der Waals surface area contributed by atoms with Gasteiger partial charge in [0.2, 0.25) is 0 Å². The number of hydrogen-bond acceptors (Lipinski definition) is 2. The molecule has 0 aliphatic heterocycles. The molecule has 0 bridgehead atoms. The maximum absolute atomic E-state index is 6.39. The van der Waals surface area contributed by atoms with Gasteiger partial charge in [0.1, 0.15) is 0 Å². The Morgan fingerprint density at radius 2 is 1.00 bits per heavy atom. The first-order valence-corrected chi connectivity index (χ1v) is 15.4. The smallest absolute Gasteiger partial charge is 0.192 e. The molecule has 0 radical (unpaired) electrons. The molecule has 0 N–H and O–H groups in total. The van der Waals surface area contributed by atoms with E-state index in [2.05, 4.69) is 79.9 Å². The zero-order valence-corrected chi connectivity index (χ0v) is 20.0. The molecule has 24 heavy (non-hydrogen) atoms. The van der Waals surface area contributed by atoms with Gasteiger partial charge < -0.3 is 8.85 Å². The maximum atomic E-state index is 6.39. The first-order chi connectivity index (χ1) is 10.7. The third-order valence-corrected chi connectivity index (χ3v) is 15.5. The molecule has 1 rings (SSSR count). The van der Waals surface area contributed by atoms with Crippen molar-refractivity contribution in [1.82, 2.24) is 0 Å². The third kappa shape index (κ3) is 6.12. The summed E-state index contributed by atoms with van der Waals surface area (Å²) in [6.45, 7) is 25.0. The van der Waals surface area contributed by atoms with Gasteiger partial charge in [0.15, 0.2) is 16.6 Å². The lowest BCUT2D eigenvalue weighted by Gasteiger charge is -2.38. The van der Waals surface area contributed by atoms with Gasteiger partial charge in [-0.2, -0.15) is 0 Å². The van der Waals surface area contributed by atoms with Gasteiger partial charge in [0, 0.05) is 13.2 Å². The van der Waals surface area contributed by atoms with Crippen LogP contribution in [0.15, 0.2) is 12.2 Å². The molecule has 4 heteroatoms. The summed E-state index contributed by atoms with van der Waals surface area (Å²) >= 11 is 0. The molecule has 0 saturated carbocycles. The normalized spacial score (nSPS) is 23.6. The van der Waals surface area contributed by atoms with Crippen molar-refractivity contribution in [3.8, 4) is 0 Å². The topological polar surface area (TPSA) is 18.5 Å². The Morgan fingerprint density at radius 1 is 0.708 bits per heavy atom. The lowest BCUT2D eigenvalue weighted by Crippen LogP contribution is -2.42. The Kier molecular flexibility index (Phi) is 7.16. The van der Waals surface area contributed by atoms with Crippen LogP contribution in [0.5, 0.6) is 0 Å². The van der Waals surface area contributed by atoms with Crippen LogP contribution >= 0.6 is 0 Å². The quantitative estimate of drug-likeness (QED) is 0.387. The summed E-state index contributed by atoms with van der Waals surface area (Å²) in [6, 6.07) is 0. The molecular weight excluding hydrogens is 328 g/mol. The van der Waals surface area contributed by atoms with E-state index in [1.807, 2.05) is 0 Å².